The van der Waals surface area contributed by atoms with E-state index in [1.165, 1.54) is 17.8 Å². The van der Waals surface area contributed by atoms with Crippen LogP contribution in [0.25, 0.3) is 0 Å². The Morgan fingerprint density at radius 2 is 2.05 bits per heavy atom. The minimum atomic E-state index is -1.09. The molecule has 3 N–H and O–H groups in total. The first kappa shape index (κ1) is 13.9. The number of carboxylic acids is 1. The van der Waals surface area contributed by atoms with Crippen molar-refractivity contribution in [2.45, 2.75) is 12.8 Å². The summed E-state index contributed by atoms with van der Waals surface area (Å²) in [7, 11) is 0. The predicted molar refractivity (Wildman–Crippen MR) is 75.9 cm³/mol. The third-order valence-corrected chi connectivity index (χ3v) is 2.79. The summed E-state index contributed by atoms with van der Waals surface area (Å²) in [4.78, 5) is 15.0. The minimum absolute atomic E-state index is 0.00953. The number of pyridine rings is 1. The Morgan fingerprint density at radius 1 is 1.30 bits per heavy atom. The number of aromatic carboxylic acids is 1. The van der Waals surface area contributed by atoms with Crippen molar-refractivity contribution in [3.63, 3.8) is 0 Å². The van der Waals surface area contributed by atoms with E-state index in [9.17, 15) is 4.79 Å². The van der Waals surface area contributed by atoms with Crippen LogP contribution in [0.4, 0.5) is 5.69 Å². The third kappa shape index (κ3) is 3.71. The lowest BCUT2D eigenvalue weighted by molar-refractivity contribution is 0.0691. The maximum atomic E-state index is 11.1. The molecule has 1 aromatic carbocycles. The lowest BCUT2D eigenvalue weighted by Gasteiger charge is -2.08. The molecule has 0 aliphatic carbocycles. The van der Waals surface area contributed by atoms with E-state index in [0.717, 1.165) is 12.8 Å². The highest BCUT2D eigenvalue weighted by Crippen LogP contribution is 2.18. The molecular formula is C15H16N2O3. The van der Waals surface area contributed by atoms with Gasteiger partial charge in [0.15, 0.2) is 0 Å². The van der Waals surface area contributed by atoms with Gasteiger partial charge >= 0.3 is 5.97 Å². The molecule has 0 saturated carbocycles. The second-order valence-corrected chi connectivity index (χ2v) is 4.36. The molecule has 0 aliphatic rings. The highest BCUT2D eigenvalue weighted by Gasteiger charge is 2.13. The third-order valence-electron chi connectivity index (χ3n) is 2.79. The van der Waals surface area contributed by atoms with E-state index >= 15 is 0 Å². The maximum Gasteiger partial charge on any atom is 0.341 e. The summed E-state index contributed by atoms with van der Waals surface area (Å²) in [5.74, 6) is -0.984. The van der Waals surface area contributed by atoms with Gasteiger partial charge < -0.3 is 15.6 Å². The van der Waals surface area contributed by atoms with Crippen molar-refractivity contribution in [2.24, 2.45) is 0 Å². The number of benzene rings is 1. The average Bonchev–Trinajstić information content (AvgIpc) is 2.45. The molecule has 20 heavy (non-hydrogen) atoms. The number of hydrogen-bond donors (Lipinski definition) is 2. The van der Waals surface area contributed by atoms with E-state index in [1.54, 1.807) is 0 Å². The van der Waals surface area contributed by atoms with Gasteiger partial charge in [-0.05, 0) is 24.5 Å². The van der Waals surface area contributed by atoms with Crippen molar-refractivity contribution in [1.29, 1.82) is 0 Å². The normalized spacial score (nSPS) is 10.2. The molecule has 2 aromatic rings. The Morgan fingerprint density at radius 3 is 2.75 bits per heavy atom. The van der Waals surface area contributed by atoms with Gasteiger partial charge in [-0.15, -0.1) is 0 Å². The van der Waals surface area contributed by atoms with Crippen LogP contribution in [0.5, 0.6) is 5.88 Å². The molecule has 0 atom stereocenters. The molecule has 0 spiro atoms. The fraction of sp³-hybridized carbons (Fsp3) is 0.200. The van der Waals surface area contributed by atoms with Crippen LogP contribution in [0.1, 0.15) is 22.3 Å². The molecule has 0 unspecified atom stereocenters. The molecule has 104 valence electrons. The Kier molecular flexibility index (Phi) is 4.55. The number of hydrogen-bond acceptors (Lipinski definition) is 4. The second-order valence-electron chi connectivity index (χ2n) is 4.36. The summed E-state index contributed by atoms with van der Waals surface area (Å²) < 4.78 is 5.43. The number of nitrogen functional groups attached to an aromatic ring is 1. The molecule has 0 amide bonds. The van der Waals surface area contributed by atoms with Gasteiger partial charge in [0.25, 0.3) is 0 Å². The van der Waals surface area contributed by atoms with Gasteiger partial charge in [-0.3, -0.25) is 0 Å². The van der Waals surface area contributed by atoms with Crippen molar-refractivity contribution >= 4 is 11.7 Å². The van der Waals surface area contributed by atoms with Crippen LogP contribution in [0.15, 0.2) is 42.6 Å². The number of nitrogens with zero attached hydrogens (tertiary/aromatic N) is 1. The number of aryl methyl sites for hydroxylation is 1. The number of rotatable bonds is 6. The van der Waals surface area contributed by atoms with Gasteiger partial charge in [-0.2, -0.15) is 0 Å². The number of aromatic nitrogens is 1. The van der Waals surface area contributed by atoms with Crippen LogP contribution < -0.4 is 10.5 Å². The standard InChI is InChI=1S/C15H16N2O3/c16-12-9-13(15(18)19)14(17-10-12)20-8-4-7-11-5-2-1-3-6-11/h1-3,5-6,9-10H,4,7-8,16H2,(H,18,19). The van der Waals surface area contributed by atoms with Crippen LogP contribution in [0.3, 0.4) is 0 Å². The van der Waals surface area contributed by atoms with Crippen LogP contribution >= 0.6 is 0 Å². The maximum absolute atomic E-state index is 11.1. The fourth-order valence-electron chi connectivity index (χ4n) is 1.83. The molecule has 0 saturated heterocycles. The summed E-state index contributed by atoms with van der Waals surface area (Å²) >= 11 is 0. The topological polar surface area (TPSA) is 85.4 Å². The van der Waals surface area contributed by atoms with Gasteiger partial charge in [0, 0.05) is 0 Å². The quantitative estimate of drug-likeness (QED) is 0.788. The minimum Gasteiger partial charge on any atom is -0.477 e. The fourth-order valence-corrected chi connectivity index (χ4v) is 1.83. The molecule has 0 bridgehead atoms. The van der Waals surface area contributed by atoms with E-state index in [4.69, 9.17) is 15.6 Å². The van der Waals surface area contributed by atoms with Crippen LogP contribution in [0, 0.1) is 0 Å². The molecule has 2 rings (SSSR count). The van der Waals surface area contributed by atoms with E-state index in [0.29, 0.717) is 12.3 Å². The number of nitrogens with two attached hydrogens (primary N) is 1. The second kappa shape index (κ2) is 6.56. The van der Waals surface area contributed by atoms with Gasteiger partial charge in [0.2, 0.25) is 5.88 Å². The van der Waals surface area contributed by atoms with Gasteiger partial charge in [0.1, 0.15) is 5.56 Å². The summed E-state index contributed by atoms with van der Waals surface area (Å²) in [6.45, 7) is 0.409. The van der Waals surface area contributed by atoms with Crippen LogP contribution in [-0.4, -0.2) is 22.7 Å². The summed E-state index contributed by atoms with van der Waals surface area (Å²) in [5.41, 5.74) is 7.03. The number of carboxylic acid groups (broad SMARTS) is 1. The zero-order valence-electron chi connectivity index (χ0n) is 11.0. The van der Waals surface area contributed by atoms with Crippen molar-refractivity contribution in [1.82, 2.24) is 4.98 Å². The van der Waals surface area contributed by atoms with Crippen molar-refractivity contribution in [2.75, 3.05) is 12.3 Å². The van der Waals surface area contributed by atoms with E-state index in [1.807, 2.05) is 30.3 Å². The smallest absolute Gasteiger partial charge is 0.341 e. The lowest BCUT2D eigenvalue weighted by atomic mass is 10.1. The Balaban J connectivity index is 1.90. The van der Waals surface area contributed by atoms with Crippen LogP contribution in [-0.2, 0) is 6.42 Å². The molecule has 0 aliphatic heterocycles. The Bertz CT molecular complexity index is 585. The Labute approximate surface area is 117 Å². The first-order valence-corrected chi connectivity index (χ1v) is 6.32. The average molecular weight is 272 g/mol. The SMILES string of the molecule is Nc1cnc(OCCCc2ccccc2)c(C(=O)O)c1. The summed E-state index contributed by atoms with van der Waals surface area (Å²) in [6.07, 6.45) is 3.05. The van der Waals surface area contributed by atoms with E-state index < -0.39 is 5.97 Å². The van der Waals surface area contributed by atoms with Crippen molar-refractivity contribution in [3.05, 3.63) is 53.7 Å². The molecule has 0 radical (unpaired) electrons. The lowest BCUT2D eigenvalue weighted by Crippen LogP contribution is -2.08. The van der Waals surface area contributed by atoms with Crippen molar-refractivity contribution < 1.29 is 14.6 Å². The van der Waals surface area contributed by atoms with Crippen molar-refractivity contribution in [3.8, 4) is 5.88 Å². The zero-order chi connectivity index (χ0) is 14.4. The van der Waals surface area contributed by atoms with E-state index in [2.05, 4.69) is 4.98 Å². The molecule has 1 aromatic heterocycles. The number of ether oxygens (including phenoxy) is 1. The summed E-state index contributed by atoms with van der Waals surface area (Å²) in [5, 5.41) is 9.05. The molecule has 5 nitrogen and oxygen atoms in total. The molecule has 0 fully saturated rings. The van der Waals surface area contributed by atoms with Crippen LogP contribution in [0.2, 0.25) is 0 Å². The first-order valence-electron chi connectivity index (χ1n) is 6.32. The van der Waals surface area contributed by atoms with E-state index in [-0.39, 0.29) is 11.4 Å². The number of carbonyl (C=O) groups is 1. The van der Waals surface area contributed by atoms with Gasteiger partial charge in [-0.25, -0.2) is 9.78 Å². The molecule has 5 heteroatoms. The Hall–Kier alpha value is -2.56. The zero-order valence-corrected chi connectivity index (χ0v) is 11.0. The highest BCUT2D eigenvalue weighted by atomic mass is 16.5. The highest BCUT2D eigenvalue weighted by molar-refractivity contribution is 5.91. The van der Waals surface area contributed by atoms with Gasteiger partial charge in [-0.1, -0.05) is 30.3 Å². The molecular weight excluding hydrogens is 256 g/mol. The predicted octanol–water partition coefficient (Wildman–Crippen LogP) is 2.37. The number of anilines is 1. The first-order chi connectivity index (χ1) is 9.66. The largest absolute Gasteiger partial charge is 0.477 e. The summed E-state index contributed by atoms with van der Waals surface area (Å²) in [6, 6.07) is 11.4. The van der Waals surface area contributed by atoms with Gasteiger partial charge in [0.05, 0.1) is 18.5 Å². The molecule has 1 heterocycles. The monoisotopic (exact) mass is 272 g/mol.